The van der Waals surface area contributed by atoms with Gasteiger partial charge in [0, 0.05) is 0 Å². The summed E-state index contributed by atoms with van der Waals surface area (Å²) in [4.78, 5) is 0. The minimum absolute atomic E-state index is 0.197. The zero-order valence-corrected chi connectivity index (χ0v) is 11.6. The predicted octanol–water partition coefficient (Wildman–Crippen LogP) is 4.64. The summed E-state index contributed by atoms with van der Waals surface area (Å²) in [5, 5.41) is 0. The van der Waals surface area contributed by atoms with Gasteiger partial charge in [-0.1, -0.05) is 34.9 Å². The lowest BCUT2D eigenvalue weighted by molar-refractivity contribution is 0.727. The highest BCUT2D eigenvalue weighted by Gasteiger charge is 2.41. The molecule has 0 aromatic carbocycles. The average Bonchev–Trinajstić information content (AvgIpc) is 2.14. The first-order valence-corrected chi connectivity index (χ1v) is 8.25. The molecule has 0 aromatic heterocycles. The van der Waals surface area contributed by atoms with Crippen LogP contribution in [0.1, 0.15) is 40.0 Å². The summed E-state index contributed by atoms with van der Waals surface area (Å²) >= 11 is 0. The molecule has 0 fully saturated rings. The van der Waals surface area contributed by atoms with E-state index >= 15 is 0 Å². The van der Waals surface area contributed by atoms with Crippen molar-refractivity contribution in [3.05, 3.63) is 34.9 Å². The van der Waals surface area contributed by atoms with Gasteiger partial charge in [0.2, 0.25) is 0 Å². The number of hydrogen-bond acceptors (Lipinski definition) is 0. The van der Waals surface area contributed by atoms with Crippen LogP contribution in [0.3, 0.4) is 0 Å². The van der Waals surface area contributed by atoms with Crippen LogP contribution in [0.25, 0.3) is 0 Å². The molecule has 0 N–H and O–H groups in total. The Labute approximate surface area is 101 Å². The van der Waals surface area contributed by atoms with E-state index in [0.29, 0.717) is 0 Å². The van der Waals surface area contributed by atoms with Crippen molar-refractivity contribution in [2.75, 3.05) is 0 Å². The molecule has 0 spiro atoms. The molecule has 16 heavy (non-hydrogen) atoms. The minimum atomic E-state index is -0.197. The van der Waals surface area contributed by atoms with Gasteiger partial charge >= 0.3 is 0 Å². The average molecular weight is 229 g/mol. The van der Waals surface area contributed by atoms with Crippen LogP contribution in [0.15, 0.2) is 34.9 Å². The Morgan fingerprint density at radius 1 is 0.750 bits per heavy atom. The smallest absolute Gasteiger partial charge is 0.0709 e. The summed E-state index contributed by atoms with van der Waals surface area (Å²) in [7, 11) is -0.197. The molecule has 1 radical (unpaired) electrons. The molecular weight excluding hydrogens is 208 g/mol. The molecule has 0 saturated carbocycles. The topological polar surface area (TPSA) is 0 Å². The van der Waals surface area contributed by atoms with E-state index in [1.165, 1.54) is 19.3 Å². The van der Waals surface area contributed by atoms with E-state index in [4.69, 9.17) is 0 Å². The Balaban J connectivity index is 2.03. The van der Waals surface area contributed by atoms with E-state index in [9.17, 15) is 0 Å². The second kappa shape index (κ2) is 3.73. The third-order valence-electron chi connectivity index (χ3n) is 4.37. The van der Waals surface area contributed by atoms with Crippen molar-refractivity contribution in [2.24, 2.45) is 0 Å². The summed E-state index contributed by atoms with van der Waals surface area (Å²) in [5.74, 6) is 0. The van der Waals surface area contributed by atoms with Gasteiger partial charge in [0.05, 0.1) is 8.80 Å². The largest absolute Gasteiger partial charge is 0.0850 e. The third kappa shape index (κ3) is 1.66. The van der Waals surface area contributed by atoms with E-state index < -0.39 is 0 Å². The molecule has 1 heteroatoms. The Morgan fingerprint density at radius 2 is 1.06 bits per heavy atom. The lowest BCUT2D eigenvalue weighted by Crippen LogP contribution is -2.38. The van der Waals surface area contributed by atoms with Crippen molar-refractivity contribution in [3.8, 4) is 0 Å². The van der Waals surface area contributed by atoms with Crippen molar-refractivity contribution >= 4 is 8.80 Å². The van der Waals surface area contributed by atoms with Gasteiger partial charge in [0.15, 0.2) is 0 Å². The first-order chi connectivity index (χ1) is 7.63. The summed E-state index contributed by atoms with van der Waals surface area (Å²) in [6.45, 7) is 7.00. The maximum absolute atomic E-state index is 2.61. The second-order valence-corrected chi connectivity index (χ2v) is 9.20. The first-order valence-electron chi connectivity index (χ1n) is 6.52. The molecule has 3 heterocycles. The van der Waals surface area contributed by atoms with Gasteiger partial charge in [-0.05, 0) is 56.7 Å². The van der Waals surface area contributed by atoms with Gasteiger partial charge < -0.3 is 0 Å². The maximum atomic E-state index is 2.61. The highest BCUT2D eigenvalue weighted by Crippen LogP contribution is 2.52. The van der Waals surface area contributed by atoms with Crippen LogP contribution in [-0.2, 0) is 0 Å². The molecular formula is C15H21Si. The summed E-state index contributed by atoms with van der Waals surface area (Å²) < 4.78 is 0. The first kappa shape index (κ1) is 10.6. The molecule has 0 nitrogen and oxygen atoms in total. The van der Waals surface area contributed by atoms with Crippen molar-refractivity contribution in [1.29, 1.82) is 0 Å². The van der Waals surface area contributed by atoms with Crippen LogP contribution < -0.4 is 0 Å². The van der Waals surface area contributed by atoms with E-state index in [1.807, 2.05) is 0 Å². The van der Waals surface area contributed by atoms with Crippen molar-refractivity contribution in [2.45, 2.75) is 56.7 Å². The zero-order chi connectivity index (χ0) is 11.3. The van der Waals surface area contributed by atoms with E-state index in [1.54, 1.807) is 16.7 Å². The fourth-order valence-corrected chi connectivity index (χ4v) is 8.67. The Morgan fingerprint density at radius 3 is 1.38 bits per heavy atom. The lowest BCUT2D eigenvalue weighted by atomic mass is 9.98. The van der Waals surface area contributed by atoms with Crippen LogP contribution in [0, 0.1) is 0 Å². The number of hydrogen-bond donors (Lipinski definition) is 0. The lowest BCUT2D eigenvalue weighted by Gasteiger charge is -2.44. The third-order valence-corrected chi connectivity index (χ3v) is 8.05. The summed E-state index contributed by atoms with van der Waals surface area (Å²) in [5.41, 5.74) is 7.73. The normalized spacial score (nSPS) is 38.4. The Hall–Kier alpha value is -0.563. The molecule has 0 aliphatic carbocycles. The quantitative estimate of drug-likeness (QED) is 0.419. The van der Waals surface area contributed by atoms with Gasteiger partial charge in [0.25, 0.3) is 0 Å². The molecule has 3 aliphatic rings. The fourth-order valence-electron chi connectivity index (χ4n) is 3.92. The molecule has 85 valence electrons. The van der Waals surface area contributed by atoms with E-state index in [0.717, 1.165) is 16.6 Å². The summed E-state index contributed by atoms with van der Waals surface area (Å²) in [6.07, 6.45) is 11.9. The summed E-state index contributed by atoms with van der Waals surface area (Å²) in [6, 6.07) is 0. The van der Waals surface area contributed by atoms with Crippen LogP contribution >= 0.6 is 0 Å². The van der Waals surface area contributed by atoms with Gasteiger partial charge in [-0.3, -0.25) is 0 Å². The second-order valence-electron chi connectivity index (χ2n) is 5.97. The minimum Gasteiger partial charge on any atom is -0.0850 e. The van der Waals surface area contributed by atoms with E-state index in [-0.39, 0.29) is 8.80 Å². The standard InChI is InChI=1S/C15H21Si/c1-10-4-13-6-11(2)8-15-9-12(3)7-14(5-10)16(13)15/h4,7-8,13-15H,5-6,9H2,1-3H3. The van der Waals surface area contributed by atoms with Gasteiger partial charge in [0.1, 0.15) is 0 Å². The number of allylic oxidation sites excluding steroid dienone is 6. The fraction of sp³-hybridized carbons (Fsp3) is 0.600. The number of rotatable bonds is 0. The SMILES string of the molecule is CC1=CC2CC(C)=CC3CC(C)=CC(C1)[Si]23. The highest BCUT2D eigenvalue weighted by atomic mass is 28.3. The highest BCUT2D eigenvalue weighted by molar-refractivity contribution is 6.66. The van der Waals surface area contributed by atoms with Gasteiger partial charge in [-0.25, -0.2) is 0 Å². The molecule has 3 atom stereocenters. The van der Waals surface area contributed by atoms with Crippen LogP contribution in [0.4, 0.5) is 0 Å². The Kier molecular flexibility index (Phi) is 2.47. The van der Waals surface area contributed by atoms with Crippen LogP contribution in [0.2, 0.25) is 16.6 Å². The molecule has 0 amide bonds. The van der Waals surface area contributed by atoms with E-state index in [2.05, 4.69) is 39.0 Å². The molecule has 3 aliphatic heterocycles. The van der Waals surface area contributed by atoms with Crippen LogP contribution in [-0.4, -0.2) is 8.80 Å². The Bertz CT molecular complexity index is 338. The van der Waals surface area contributed by atoms with Gasteiger partial charge in [-0.15, -0.1) is 0 Å². The molecule has 0 saturated heterocycles. The molecule has 3 unspecified atom stereocenters. The van der Waals surface area contributed by atoms with Crippen molar-refractivity contribution in [1.82, 2.24) is 0 Å². The monoisotopic (exact) mass is 229 g/mol. The molecule has 3 rings (SSSR count). The van der Waals surface area contributed by atoms with Crippen molar-refractivity contribution in [3.63, 3.8) is 0 Å². The zero-order valence-electron chi connectivity index (χ0n) is 10.6. The maximum Gasteiger partial charge on any atom is 0.0709 e. The van der Waals surface area contributed by atoms with Crippen LogP contribution in [0.5, 0.6) is 0 Å². The van der Waals surface area contributed by atoms with Crippen molar-refractivity contribution < 1.29 is 0 Å². The predicted molar refractivity (Wildman–Crippen MR) is 72.1 cm³/mol. The van der Waals surface area contributed by atoms with Gasteiger partial charge in [-0.2, -0.15) is 0 Å². The molecule has 0 bridgehead atoms. The molecule has 0 aromatic rings.